The maximum absolute atomic E-state index is 12.1. The second-order valence-corrected chi connectivity index (χ2v) is 4.44. The molecule has 0 aliphatic carbocycles. The molecule has 0 radical (unpaired) electrons. The van der Waals surface area contributed by atoms with E-state index in [0.717, 1.165) is 6.42 Å². The Hall–Kier alpha value is -2.08. The van der Waals surface area contributed by atoms with Crippen molar-refractivity contribution in [2.75, 3.05) is 39.6 Å². The van der Waals surface area contributed by atoms with Crippen molar-refractivity contribution in [3.8, 4) is 0 Å². The molecule has 0 atom stereocenters. The molecule has 6 heteroatoms. The third-order valence-corrected chi connectivity index (χ3v) is 2.77. The molecule has 110 valence electrons. The van der Waals surface area contributed by atoms with Crippen molar-refractivity contribution in [2.24, 2.45) is 0 Å². The summed E-state index contributed by atoms with van der Waals surface area (Å²) in [6.07, 6.45) is 0.742. The summed E-state index contributed by atoms with van der Waals surface area (Å²) in [5.41, 5.74) is 6.55. The third-order valence-electron chi connectivity index (χ3n) is 2.77. The van der Waals surface area contributed by atoms with Gasteiger partial charge in [-0.3, -0.25) is 9.59 Å². The quantitative estimate of drug-likeness (QED) is 0.562. The number of ether oxygens (including phenoxy) is 1. The van der Waals surface area contributed by atoms with Crippen molar-refractivity contribution in [1.82, 2.24) is 10.2 Å². The Kier molecular flexibility index (Phi) is 6.52. The molecule has 0 heterocycles. The van der Waals surface area contributed by atoms with Gasteiger partial charge in [-0.2, -0.15) is 0 Å². The number of anilines is 1. The van der Waals surface area contributed by atoms with Gasteiger partial charge in [0, 0.05) is 33.0 Å². The van der Waals surface area contributed by atoms with Gasteiger partial charge in [-0.15, -0.1) is 0 Å². The van der Waals surface area contributed by atoms with Crippen molar-refractivity contribution >= 4 is 17.5 Å². The molecule has 1 aromatic carbocycles. The van der Waals surface area contributed by atoms with E-state index in [4.69, 9.17) is 10.5 Å². The molecule has 0 saturated carbocycles. The summed E-state index contributed by atoms with van der Waals surface area (Å²) in [6, 6.07) is 6.80. The number of nitrogen functional groups attached to an aromatic ring is 1. The summed E-state index contributed by atoms with van der Waals surface area (Å²) in [4.78, 5) is 25.1. The van der Waals surface area contributed by atoms with Gasteiger partial charge in [0.25, 0.3) is 5.91 Å². The summed E-state index contributed by atoms with van der Waals surface area (Å²) >= 11 is 0. The first-order valence-corrected chi connectivity index (χ1v) is 6.42. The first kappa shape index (κ1) is 16.0. The number of amides is 2. The molecular weight excluding hydrogens is 258 g/mol. The normalized spacial score (nSPS) is 10.1. The van der Waals surface area contributed by atoms with Crippen LogP contribution in [0.1, 0.15) is 16.8 Å². The van der Waals surface area contributed by atoms with Gasteiger partial charge in [0.2, 0.25) is 5.91 Å². The summed E-state index contributed by atoms with van der Waals surface area (Å²) in [6.45, 7) is 1.12. The molecule has 0 aromatic heterocycles. The highest BCUT2D eigenvalue weighted by Gasteiger charge is 2.16. The lowest BCUT2D eigenvalue weighted by atomic mass is 10.1. The smallest absolute Gasteiger partial charge is 0.256 e. The first-order chi connectivity index (χ1) is 9.56. The third kappa shape index (κ3) is 4.89. The van der Waals surface area contributed by atoms with Crippen LogP contribution in [0.2, 0.25) is 0 Å². The van der Waals surface area contributed by atoms with Crippen LogP contribution >= 0.6 is 0 Å². The molecule has 0 bridgehead atoms. The molecule has 0 fully saturated rings. The molecule has 0 aliphatic heterocycles. The Balaban J connectivity index is 2.46. The van der Waals surface area contributed by atoms with Gasteiger partial charge in [-0.25, -0.2) is 0 Å². The molecule has 1 aromatic rings. The van der Waals surface area contributed by atoms with Crippen LogP contribution < -0.4 is 11.1 Å². The second kappa shape index (κ2) is 8.16. The Morgan fingerprint density at radius 2 is 2.05 bits per heavy atom. The molecule has 1 rings (SSSR count). The topological polar surface area (TPSA) is 84.7 Å². The average molecular weight is 279 g/mol. The zero-order chi connectivity index (χ0) is 15.0. The number of hydrogen-bond acceptors (Lipinski definition) is 4. The molecule has 2 amide bonds. The van der Waals surface area contributed by atoms with Gasteiger partial charge in [-0.05, 0) is 18.6 Å². The Bertz CT molecular complexity index is 463. The lowest BCUT2D eigenvalue weighted by molar-refractivity contribution is -0.121. The zero-order valence-corrected chi connectivity index (χ0v) is 11.9. The standard InChI is InChI=1S/C14H21N3O3/c1-17(10-13(18)16-8-5-9-20-2)14(19)11-6-3-4-7-12(11)15/h3-4,6-7H,5,8-10,15H2,1-2H3,(H,16,18). The van der Waals surface area contributed by atoms with Gasteiger partial charge in [0.15, 0.2) is 0 Å². The minimum atomic E-state index is -0.268. The molecule has 0 unspecified atom stereocenters. The minimum absolute atomic E-state index is 0.000149. The molecule has 0 spiro atoms. The van der Waals surface area contributed by atoms with Crippen molar-refractivity contribution in [2.45, 2.75) is 6.42 Å². The minimum Gasteiger partial charge on any atom is -0.398 e. The highest BCUT2D eigenvalue weighted by atomic mass is 16.5. The average Bonchev–Trinajstić information content (AvgIpc) is 2.43. The number of methoxy groups -OCH3 is 1. The second-order valence-electron chi connectivity index (χ2n) is 4.44. The van der Waals surface area contributed by atoms with Crippen LogP contribution in [0.25, 0.3) is 0 Å². The number of nitrogens with one attached hydrogen (secondary N) is 1. The van der Waals surface area contributed by atoms with Crippen LogP contribution in [0.3, 0.4) is 0 Å². The number of likely N-dealkylation sites (N-methyl/N-ethyl adjacent to an activating group) is 1. The van der Waals surface area contributed by atoms with Gasteiger partial charge in [0.05, 0.1) is 12.1 Å². The fraction of sp³-hybridized carbons (Fsp3) is 0.429. The number of nitrogens with zero attached hydrogens (tertiary/aromatic N) is 1. The number of carbonyl (C=O) groups is 2. The summed E-state index contributed by atoms with van der Waals surface area (Å²) < 4.78 is 4.88. The van der Waals surface area contributed by atoms with Crippen molar-refractivity contribution in [1.29, 1.82) is 0 Å². The van der Waals surface area contributed by atoms with E-state index in [0.29, 0.717) is 24.4 Å². The fourth-order valence-corrected chi connectivity index (χ4v) is 1.68. The van der Waals surface area contributed by atoms with Gasteiger partial charge < -0.3 is 20.7 Å². The zero-order valence-electron chi connectivity index (χ0n) is 11.9. The van der Waals surface area contributed by atoms with Crippen LogP contribution in [0.15, 0.2) is 24.3 Å². The lowest BCUT2D eigenvalue weighted by Crippen LogP contribution is -2.39. The van der Waals surface area contributed by atoms with Crippen LogP contribution in [-0.4, -0.2) is 50.6 Å². The molecule has 20 heavy (non-hydrogen) atoms. The maximum Gasteiger partial charge on any atom is 0.256 e. The SMILES string of the molecule is COCCCNC(=O)CN(C)C(=O)c1ccccc1N. The largest absolute Gasteiger partial charge is 0.398 e. The highest BCUT2D eigenvalue weighted by molar-refractivity contribution is 6.00. The van der Waals surface area contributed by atoms with Gasteiger partial charge in [0.1, 0.15) is 0 Å². The molecule has 6 nitrogen and oxygen atoms in total. The van der Waals surface area contributed by atoms with Crippen LogP contribution in [0.4, 0.5) is 5.69 Å². The van der Waals surface area contributed by atoms with Crippen molar-refractivity contribution in [3.63, 3.8) is 0 Å². The van der Waals surface area contributed by atoms with E-state index < -0.39 is 0 Å². The van der Waals surface area contributed by atoms with E-state index in [1.165, 1.54) is 4.90 Å². The maximum atomic E-state index is 12.1. The number of para-hydroxylation sites is 1. The van der Waals surface area contributed by atoms with Crippen molar-refractivity contribution in [3.05, 3.63) is 29.8 Å². The molecule has 0 aliphatic rings. The Morgan fingerprint density at radius 1 is 1.35 bits per heavy atom. The lowest BCUT2D eigenvalue weighted by Gasteiger charge is -2.17. The van der Waals surface area contributed by atoms with Gasteiger partial charge in [-0.1, -0.05) is 12.1 Å². The first-order valence-electron chi connectivity index (χ1n) is 6.42. The Labute approximate surface area is 118 Å². The molecule has 3 N–H and O–H groups in total. The van der Waals surface area contributed by atoms with Crippen molar-refractivity contribution < 1.29 is 14.3 Å². The number of hydrogen-bond donors (Lipinski definition) is 2. The van der Waals surface area contributed by atoms with Crippen LogP contribution in [-0.2, 0) is 9.53 Å². The van der Waals surface area contributed by atoms with Crippen LogP contribution in [0, 0.1) is 0 Å². The van der Waals surface area contributed by atoms with Gasteiger partial charge >= 0.3 is 0 Å². The fourth-order valence-electron chi connectivity index (χ4n) is 1.68. The highest BCUT2D eigenvalue weighted by Crippen LogP contribution is 2.12. The van der Waals surface area contributed by atoms with E-state index in [1.54, 1.807) is 38.4 Å². The van der Waals surface area contributed by atoms with E-state index in [-0.39, 0.29) is 18.4 Å². The van der Waals surface area contributed by atoms with E-state index in [9.17, 15) is 9.59 Å². The number of carbonyl (C=O) groups excluding carboxylic acids is 2. The number of benzene rings is 1. The van der Waals surface area contributed by atoms with E-state index >= 15 is 0 Å². The Morgan fingerprint density at radius 3 is 2.70 bits per heavy atom. The summed E-state index contributed by atoms with van der Waals surface area (Å²) in [7, 11) is 3.18. The predicted octanol–water partition coefficient (Wildman–Crippen LogP) is 0.494. The molecular formula is C14H21N3O3. The van der Waals surface area contributed by atoms with E-state index in [1.807, 2.05) is 0 Å². The number of rotatable bonds is 7. The van der Waals surface area contributed by atoms with Crippen LogP contribution in [0.5, 0.6) is 0 Å². The number of nitrogens with two attached hydrogens (primary N) is 1. The predicted molar refractivity (Wildman–Crippen MR) is 77.3 cm³/mol. The molecule has 0 saturated heterocycles. The van der Waals surface area contributed by atoms with E-state index in [2.05, 4.69) is 5.32 Å². The summed E-state index contributed by atoms with van der Waals surface area (Å²) in [5.74, 6) is -0.471. The monoisotopic (exact) mass is 279 g/mol. The summed E-state index contributed by atoms with van der Waals surface area (Å²) in [5, 5.41) is 2.73.